The van der Waals surface area contributed by atoms with E-state index in [4.69, 9.17) is 10.00 Å². The Morgan fingerprint density at radius 3 is 2.67 bits per heavy atom. The highest BCUT2D eigenvalue weighted by molar-refractivity contribution is 5.65. The van der Waals surface area contributed by atoms with Crippen molar-refractivity contribution in [2.24, 2.45) is 0 Å². The van der Waals surface area contributed by atoms with Crippen molar-refractivity contribution in [2.75, 3.05) is 18.1 Å². The lowest BCUT2D eigenvalue weighted by atomic mass is 10.1. The van der Waals surface area contributed by atoms with Gasteiger partial charge in [-0.3, -0.25) is 9.69 Å². The van der Waals surface area contributed by atoms with Crippen LogP contribution in [0.15, 0.2) is 36.9 Å². The summed E-state index contributed by atoms with van der Waals surface area (Å²) in [7, 11) is 0. The molecule has 0 aliphatic rings. The minimum Gasteiger partial charge on any atom is -0.466 e. The van der Waals surface area contributed by atoms with Gasteiger partial charge < -0.3 is 4.74 Å². The Bertz CT molecular complexity index is 446. The molecule has 1 aromatic carbocycles. The number of nitrogens with zero attached hydrogens (tertiary/aromatic N) is 2. The molecule has 4 heteroatoms. The number of carbonyl (C=O) groups is 1. The first-order valence-electron chi connectivity index (χ1n) is 5.68. The number of nitriles is 1. The molecule has 0 radical (unpaired) electrons. The van der Waals surface area contributed by atoms with E-state index in [1.165, 1.54) is 6.92 Å². The van der Waals surface area contributed by atoms with Gasteiger partial charge >= 0.3 is 5.97 Å². The molecule has 4 nitrogen and oxygen atoms in total. The number of rotatable bonds is 6. The molecule has 0 aromatic heterocycles. The lowest BCUT2D eigenvalue weighted by Gasteiger charge is -2.13. The zero-order valence-corrected chi connectivity index (χ0v) is 10.4. The average molecular weight is 244 g/mol. The van der Waals surface area contributed by atoms with Gasteiger partial charge in [-0.05, 0) is 17.7 Å². The second-order valence-corrected chi connectivity index (χ2v) is 3.76. The van der Waals surface area contributed by atoms with Crippen LogP contribution in [0.3, 0.4) is 0 Å². The van der Waals surface area contributed by atoms with Crippen molar-refractivity contribution in [3.8, 4) is 6.19 Å². The van der Waals surface area contributed by atoms with Gasteiger partial charge in [0.05, 0.1) is 18.8 Å². The molecule has 94 valence electrons. The van der Waals surface area contributed by atoms with E-state index in [2.05, 4.69) is 12.8 Å². The summed E-state index contributed by atoms with van der Waals surface area (Å²) in [5.41, 5.74) is 1.89. The maximum Gasteiger partial charge on any atom is 0.302 e. The maximum absolute atomic E-state index is 10.6. The van der Waals surface area contributed by atoms with Crippen LogP contribution < -0.4 is 4.90 Å². The van der Waals surface area contributed by atoms with E-state index in [9.17, 15) is 4.79 Å². The van der Waals surface area contributed by atoms with Crippen molar-refractivity contribution in [3.05, 3.63) is 42.5 Å². The van der Waals surface area contributed by atoms with E-state index in [-0.39, 0.29) is 5.97 Å². The molecule has 1 rings (SSSR count). The third-order valence-electron chi connectivity index (χ3n) is 2.38. The van der Waals surface area contributed by atoms with E-state index in [1.54, 1.807) is 11.0 Å². The summed E-state index contributed by atoms with van der Waals surface area (Å²) in [5.74, 6) is -0.270. The summed E-state index contributed by atoms with van der Waals surface area (Å²) in [5, 5.41) is 8.95. The van der Waals surface area contributed by atoms with Crippen molar-refractivity contribution in [1.82, 2.24) is 0 Å². The molecule has 0 atom stereocenters. The molecule has 0 fully saturated rings. The zero-order chi connectivity index (χ0) is 13.4. The maximum atomic E-state index is 10.6. The minimum absolute atomic E-state index is 0.270. The Hall–Kier alpha value is -2.28. The van der Waals surface area contributed by atoms with Crippen LogP contribution in [0, 0.1) is 11.5 Å². The van der Waals surface area contributed by atoms with E-state index in [0.717, 1.165) is 11.3 Å². The first-order chi connectivity index (χ1) is 8.67. The van der Waals surface area contributed by atoms with E-state index >= 15 is 0 Å². The highest BCUT2D eigenvalue weighted by Crippen LogP contribution is 2.14. The van der Waals surface area contributed by atoms with Gasteiger partial charge in [0.25, 0.3) is 0 Å². The number of anilines is 1. The van der Waals surface area contributed by atoms with Gasteiger partial charge in [-0.2, -0.15) is 5.26 Å². The Morgan fingerprint density at radius 2 is 2.17 bits per heavy atom. The fourth-order valence-electron chi connectivity index (χ4n) is 1.49. The van der Waals surface area contributed by atoms with Crippen molar-refractivity contribution >= 4 is 11.7 Å². The quantitative estimate of drug-likeness (QED) is 0.333. The monoisotopic (exact) mass is 244 g/mol. The lowest BCUT2D eigenvalue weighted by Crippen LogP contribution is -2.15. The summed E-state index contributed by atoms with van der Waals surface area (Å²) < 4.78 is 4.87. The van der Waals surface area contributed by atoms with Gasteiger partial charge in [-0.25, -0.2) is 0 Å². The summed E-state index contributed by atoms with van der Waals surface area (Å²) >= 11 is 0. The Balaban J connectivity index is 2.59. The van der Waals surface area contributed by atoms with E-state index in [1.807, 2.05) is 24.3 Å². The van der Waals surface area contributed by atoms with Crippen molar-refractivity contribution in [2.45, 2.75) is 13.3 Å². The number of hydrogen-bond donors (Lipinski definition) is 0. The number of esters is 1. The first kappa shape index (κ1) is 13.8. The largest absolute Gasteiger partial charge is 0.466 e. The Labute approximate surface area is 107 Å². The van der Waals surface area contributed by atoms with Gasteiger partial charge in [0, 0.05) is 13.3 Å². The predicted molar refractivity (Wildman–Crippen MR) is 69.9 cm³/mol. The second-order valence-electron chi connectivity index (χ2n) is 3.76. The van der Waals surface area contributed by atoms with Gasteiger partial charge in [-0.15, -0.1) is 6.58 Å². The molecule has 0 aliphatic carbocycles. The van der Waals surface area contributed by atoms with Crippen LogP contribution in [0.4, 0.5) is 5.69 Å². The highest BCUT2D eigenvalue weighted by Gasteiger charge is 2.03. The van der Waals surface area contributed by atoms with E-state index < -0.39 is 0 Å². The van der Waals surface area contributed by atoms with Crippen molar-refractivity contribution < 1.29 is 9.53 Å². The molecule has 0 saturated carbocycles. The van der Waals surface area contributed by atoms with Gasteiger partial charge in [-0.1, -0.05) is 18.2 Å². The van der Waals surface area contributed by atoms with Crippen molar-refractivity contribution in [3.63, 3.8) is 0 Å². The standard InChI is InChI=1S/C14H16N2O2/c1-3-9-16(11-15)14-6-4-13(5-7-14)8-10-18-12(2)17/h3-7H,1,8-10H2,2H3. The number of carbonyl (C=O) groups excluding carboxylic acids is 1. The molecule has 0 saturated heterocycles. The Kier molecular flexibility index (Phi) is 5.46. The summed E-state index contributed by atoms with van der Waals surface area (Å²) in [4.78, 5) is 12.2. The minimum atomic E-state index is -0.270. The first-order valence-corrected chi connectivity index (χ1v) is 5.68. The van der Waals surface area contributed by atoms with Crippen LogP contribution >= 0.6 is 0 Å². The summed E-state index contributed by atoms with van der Waals surface area (Å²) in [6, 6.07) is 7.59. The number of benzene rings is 1. The van der Waals surface area contributed by atoms with Crippen LogP contribution in [-0.4, -0.2) is 19.1 Å². The van der Waals surface area contributed by atoms with E-state index in [0.29, 0.717) is 19.6 Å². The normalized spacial score (nSPS) is 9.33. The third kappa shape index (κ3) is 4.30. The fourth-order valence-corrected chi connectivity index (χ4v) is 1.49. The van der Waals surface area contributed by atoms with Crippen molar-refractivity contribution in [1.29, 1.82) is 5.26 Å². The number of hydrogen-bond acceptors (Lipinski definition) is 4. The van der Waals surface area contributed by atoms with Gasteiger partial charge in [0.2, 0.25) is 0 Å². The smallest absolute Gasteiger partial charge is 0.302 e. The fraction of sp³-hybridized carbons (Fsp3) is 0.286. The van der Waals surface area contributed by atoms with Gasteiger partial charge in [0.1, 0.15) is 0 Å². The van der Waals surface area contributed by atoms with Crippen LogP contribution in [0.25, 0.3) is 0 Å². The molecule has 0 heterocycles. The highest BCUT2D eigenvalue weighted by atomic mass is 16.5. The molecule has 0 spiro atoms. The SMILES string of the molecule is C=CCN(C#N)c1ccc(CCOC(C)=O)cc1. The Morgan fingerprint density at radius 1 is 1.50 bits per heavy atom. The van der Waals surface area contributed by atoms with Gasteiger partial charge in [0.15, 0.2) is 6.19 Å². The van der Waals surface area contributed by atoms with Crippen LogP contribution in [0.5, 0.6) is 0 Å². The molecular weight excluding hydrogens is 228 g/mol. The molecule has 0 amide bonds. The second kappa shape index (κ2) is 7.13. The lowest BCUT2D eigenvalue weighted by molar-refractivity contribution is -0.140. The molecular formula is C14H16N2O2. The molecule has 0 aliphatic heterocycles. The molecule has 18 heavy (non-hydrogen) atoms. The number of ether oxygens (including phenoxy) is 1. The zero-order valence-electron chi connectivity index (χ0n) is 10.4. The predicted octanol–water partition coefficient (Wildman–Crippen LogP) is 2.27. The average Bonchev–Trinajstić information content (AvgIpc) is 2.36. The van der Waals surface area contributed by atoms with Crippen LogP contribution in [0.1, 0.15) is 12.5 Å². The third-order valence-corrected chi connectivity index (χ3v) is 2.38. The summed E-state index contributed by atoms with van der Waals surface area (Å²) in [6.45, 7) is 5.87. The van der Waals surface area contributed by atoms with Crippen LogP contribution in [-0.2, 0) is 16.0 Å². The summed E-state index contributed by atoms with van der Waals surface area (Å²) in [6.07, 6.45) is 4.44. The molecule has 0 N–H and O–H groups in total. The molecule has 1 aromatic rings. The van der Waals surface area contributed by atoms with Crippen LogP contribution in [0.2, 0.25) is 0 Å². The molecule has 0 bridgehead atoms. The molecule has 0 unspecified atom stereocenters. The topological polar surface area (TPSA) is 53.3 Å².